The second-order valence-electron chi connectivity index (χ2n) is 5.01. The summed E-state index contributed by atoms with van der Waals surface area (Å²) in [6.45, 7) is 3.07. The van der Waals surface area contributed by atoms with Gasteiger partial charge in [-0.15, -0.1) is 0 Å². The third kappa shape index (κ3) is 6.33. The predicted molar refractivity (Wildman–Crippen MR) is 80.5 cm³/mol. The minimum absolute atomic E-state index is 0.0769. The van der Waals surface area contributed by atoms with E-state index in [9.17, 15) is 9.59 Å². The second kappa shape index (κ2) is 8.32. The van der Waals surface area contributed by atoms with Gasteiger partial charge in [-0.3, -0.25) is 9.59 Å². The van der Waals surface area contributed by atoms with Crippen molar-refractivity contribution in [1.82, 2.24) is 9.80 Å². The largest absolute Gasteiger partial charge is 0.334 e. The molecule has 0 atom stereocenters. The number of benzene rings is 1. The number of nitrogens with one attached hydrogen (secondary N) is 1. The predicted octanol–water partition coefficient (Wildman–Crippen LogP) is 1.43. The van der Waals surface area contributed by atoms with Crippen molar-refractivity contribution in [3.8, 4) is 0 Å². The lowest BCUT2D eigenvalue weighted by Crippen LogP contribution is -2.38. The molecule has 1 aromatic rings. The van der Waals surface area contributed by atoms with E-state index in [2.05, 4.69) is 10.2 Å². The van der Waals surface area contributed by atoms with Gasteiger partial charge >= 0.3 is 0 Å². The molecule has 2 amide bonds. The molecule has 0 bridgehead atoms. The fourth-order valence-electron chi connectivity index (χ4n) is 1.82. The number of hydrogen-bond acceptors (Lipinski definition) is 3. The topological polar surface area (TPSA) is 52.7 Å². The van der Waals surface area contributed by atoms with Gasteiger partial charge in [0.25, 0.3) is 0 Å². The van der Waals surface area contributed by atoms with E-state index in [1.165, 1.54) is 6.92 Å². The zero-order chi connectivity index (χ0) is 15.0. The van der Waals surface area contributed by atoms with Crippen LogP contribution in [0.5, 0.6) is 0 Å². The van der Waals surface area contributed by atoms with Gasteiger partial charge in [0, 0.05) is 19.2 Å². The van der Waals surface area contributed by atoms with E-state index in [0.717, 1.165) is 18.7 Å². The normalized spacial score (nSPS) is 10.4. The van der Waals surface area contributed by atoms with E-state index in [4.69, 9.17) is 0 Å². The van der Waals surface area contributed by atoms with Gasteiger partial charge in [-0.25, -0.2) is 0 Å². The van der Waals surface area contributed by atoms with Crippen LogP contribution in [0, 0.1) is 0 Å². The molecule has 0 saturated heterocycles. The zero-order valence-electron chi connectivity index (χ0n) is 12.4. The summed E-state index contributed by atoms with van der Waals surface area (Å²) in [5.74, 6) is -0.247. The van der Waals surface area contributed by atoms with Crippen molar-refractivity contribution in [2.45, 2.75) is 13.3 Å². The SMILES string of the molecule is CC(=O)N(CCCN(C)C)CC(=O)Nc1ccccc1. The lowest BCUT2D eigenvalue weighted by molar-refractivity contribution is -0.132. The van der Waals surface area contributed by atoms with Gasteiger partial charge in [0.2, 0.25) is 11.8 Å². The van der Waals surface area contributed by atoms with Gasteiger partial charge in [0.1, 0.15) is 0 Å². The zero-order valence-corrected chi connectivity index (χ0v) is 12.4. The lowest BCUT2D eigenvalue weighted by Gasteiger charge is -2.21. The molecule has 1 rings (SSSR count). The van der Waals surface area contributed by atoms with Crippen LogP contribution in [0.25, 0.3) is 0 Å². The Labute approximate surface area is 120 Å². The van der Waals surface area contributed by atoms with Crippen molar-refractivity contribution < 1.29 is 9.59 Å². The monoisotopic (exact) mass is 277 g/mol. The van der Waals surface area contributed by atoms with Crippen LogP contribution < -0.4 is 5.32 Å². The highest BCUT2D eigenvalue weighted by molar-refractivity contribution is 5.94. The Bertz CT molecular complexity index is 432. The molecule has 1 aromatic carbocycles. The average Bonchev–Trinajstić information content (AvgIpc) is 2.38. The maximum Gasteiger partial charge on any atom is 0.243 e. The van der Waals surface area contributed by atoms with Crippen LogP contribution >= 0.6 is 0 Å². The summed E-state index contributed by atoms with van der Waals surface area (Å²) >= 11 is 0. The van der Waals surface area contributed by atoms with Crippen LogP contribution in [0.15, 0.2) is 30.3 Å². The molecule has 0 aliphatic carbocycles. The van der Waals surface area contributed by atoms with E-state index in [0.29, 0.717) is 6.54 Å². The molecule has 0 heterocycles. The highest BCUT2D eigenvalue weighted by Gasteiger charge is 2.13. The van der Waals surface area contributed by atoms with E-state index in [1.54, 1.807) is 4.90 Å². The van der Waals surface area contributed by atoms with E-state index in [-0.39, 0.29) is 18.4 Å². The first-order valence-electron chi connectivity index (χ1n) is 6.74. The molecular formula is C15H23N3O2. The molecular weight excluding hydrogens is 254 g/mol. The molecule has 0 radical (unpaired) electrons. The van der Waals surface area contributed by atoms with Crippen molar-refractivity contribution in [1.29, 1.82) is 0 Å². The van der Waals surface area contributed by atoms with Gasteiger partial charge < -0.3 is 15.1 Å². The summed E-state index contributed by atoms with van der Waals surface area (Å²) in [6, 6.07) is 9.24. The molecule has 20 heavy (non-hydrogen) atoms. The number of carbonyl (C=O) groups excluding carboxylic acids is 2. The highest BCUT2D eigenvalue weighted by atomic mass is 16.2. The van der Waals surface area contributed by atoms with Gasteiger partial charge in [-0.05, 0) is 39.2 Å². The fourth-order valence-corrected chi connectivity index (χ4v) is 1.82. The van der Waals surface area contributed by atoms with Gasteiger partial charge in [0.05, 0.1) is 6.54 Å². The number of carbonyl (C=O) groups is 2. The van der Waals surface area contributed by atoms with Crippen molar-refractivity contribution in [2.24, 2.45) is 0 Å². The lowest BCUT2D eigenvalue weighted by atomic mass is 10.3. The smallest absolute Gasteiger partial charge is 0.243 e. The van der Waals surface area contributed by atoms with Crippen LogP contribution in [0.1, 0.15) is 13.3 Å². The molecule has 0 fully saturated rings. The molecule has 0 unspecified atom stereocenters. The first kappa shape index (κ1) is 16.2. The second-order valence-corrected chi connectivity index (χ2v) is 5.01. The number of anilines is 1. The summed E-state index contributed by atoms with van der Waals surface area (Å²) in [5.41, 5.74) is 0.745. The number of hydrogen-bond donors (Lipinski definition) is 1. The minimum atomic E-state index is -0.170. The van der Waals surface area contributed by atoms with Crippen LogP contribution in [0.2, 0.25) is 0 Å². The van der Waals surface area contributed by atoms with E-state index < -0.39 is 0 Å². The third-order valence-electron chi connectivity index (χ3n) is 2.87. The van der Waals surface area contributed by atoms with Gasteiger partial charge in [-0.2, -0.15) is 0 Å². The average molecular weight is 277 g/mol. The maximum absolute atomic E-state index is 11.9. The Kier molecular flexibility index (Phi) is 6.73. The molecule has 0 aliphatic rings. The van der Waals surface area contributed by atoms with E-state index in [1.807, 2.05) is 44.4 Å². The quantitative estimate of drug-likeness (QED) is 0.820. The Balaban J connectivity index is 2.44. The Morgan fingerprint density at radius 2 is 1.75 bits per heavy atom. The van der Waals surface area contributed by atoms with Crippen molar-refractivity contribution in [3.63, 3.8) is 0 Å². The van der Waals surface area contributed by atoms with Gasteiger partial charge in [0.15, 0.2) is 0 Å². The summed E-state index contributed by atoms with van der Waals surface area (Å²) in [5, 5.41) is 2.78. The molecule has 5 heteroatoms. The number of nitrogens with zero attached hydrogens (tertiary/aromatic N) is 2. The summed E-state index contributed by atoms with van der Waals surface area (Å²) in [7, 11) is 3.97. The molecule has 110 valence electrons. The van der Waals surface area contributed by atoms with E-state index >= 15 is 0 Å². The van der Waals surface area contributed by atoms with Crippen LogP contribution in [0.3, 0.4) is 0 Å². The Morgan fingerprint density at radius 3 is 2.30 bits per heavy atom. The molecule has 0 aromatic heterocycles. The Hall–Kier alpha value is -1.88. The first-order valence-corrected chi connectivity index (χ1v) is 6.74. The van der Waals surface area contributed by atoms with Crippen molar-refractivity contribution >= 4 is 17.5 Å². The molecule has 0 saturated carbocycles. The number of rotatable bonds is 7. The first-order chi connectivity index (χ1) is 9.49. The molecule has 0 spiro atoms. The van der Waals surface area contributed by atoms with Crippen LogP contribution in [0.4, 0.5) is 5.69 Å². The standard InChI is InChI=1S/C15H23N3O2/c1-13(19)18(11-7-10-17(2)3)12-15(20)16-14-8-5-4-6-9-14/h4-6,8-9H,7,10-12H2,1-3H3,(H,16,20). The summed E-state index contributed by atoms with van der Waals surface area (Å²) in [4.78, 5) is 27.1. The molecule has 5 nitrogen and oxygen atoms in total. The summed E-state index contributed by atoms with van der Waals surface area (Å²) < 4.78 is 0. The highest BCUT2D eigenvalue weighted by Crippen LogP contribution is 2.05. The van der Waals surface area contributed by atoms with Crippen molar-refractivity contribution in [3.05, 3.63) is 30.3 Å². The van der Waals surface area contributed by atoms with Crippen LogP contribution in [-0.2, 0) is 9.59 Å². The molecule has 0 aliphatic heterocycles. The third-order valence-corrected chi connectivity index (χ3v) is 2.87. The number of amides is 2. The Morgan fingerprint density at radius 1 is 1.10 bits per heavy atom. The molecule has 1 N–H and O–H groups in total. The summed E-state index contributed by atoms with van der Waals surface area (Å²) in [6.07, 6.45) is 0.852. The van der Waals surface area contributed by atoms with Crippen LogP contribution in [-0.4, -0.2) is 55.3 Å². The maximum atomic E-state index is 11.9. The van der Waals surface area contributed by atoms with Gasteiger partial charge in [-0.1, -0.05) is 18.2 Å². The number of para-hydroxylation sites is 1. The van der Waals surface area contributed by atoms with Crippen molar-refractivity contribution in [2.75, 3.05) is 39.0 Å². The fraction of sp³-hybridized carbons (Fsp3) is 0.467. The minimum Gasteiger partial charge on any atom is -0.334 e.